The van der Waals surface area contributed by atoms with Crippen molar-refractivity contribution in [2.45, 2.75) is 32.5 Å². The minimum absolute atomic E-state index is 0.00570. The van der Waals surface area contributed by atoms with E-state index in [2.05, 4.69) is 15.7 Å². The summed E-state index contributed by atoms with van der Waals surface area (Å²) in [6.45, 7) is 1.64. The number of likely N-dealkylation sites (N-methyl/N-ethyl adjacent to an activating group) is 1. The van der Waals surface area contributed by atoms with E-state index in [-0.39, 0.29) is 22.7 Å². The maximum atomic E-state index is 14.7. The second-order valence-corrected chi connectivity index (χ2v) is 7.37. The number of methoxy groups -OCH3 is 1. The molecule has 1 unspecified atom stereocenters. The van der Waals surface area contributed by atoms with Crippen LogP contribution < -0.4 is 15.4 Å². The number of aryl methyl sites for hydroxylation is 1. The fourth-order valence-corrected chi connectivity index (χ4v) is 3.21. The summed E-state index contributed by atoms with van der Waals surface area (Å²) in [4.78, 5) is 37.3. The SMILES string of the molecule is CCn1nccc1C(=O)NCC(=O)Nc1cc(OC)c(C(C)C(=O)N(C)CC(F)(F)F)cc1F. The normalized spacial score (nSPS) is 12.1. The number of nitrogens with zero attached hydrogens (tertiary/aromatic N) is 3. The van der Waals surface area contributed by atoms with Gasteiger partial charge in [0.1, 0.15) is 23.8 Å². The Hall–Kier alpha value is -3.64. The van der Waals surface area contributed by atoms with Crippen LogP contribution in [0.2, 0.25) is 0 Å². The third-order valence-electron chi connectivity index (χ3n) is 4.88. The number of amides is 3. The molecule has 2 rings (SSSR count). The van der Waals surface area contributed by atoms with Gasteiger partial charge >= 0.3 is 6.18 Å². The number of ether oxygens (including phenoxy) is 1. The highest BCUT2D eigenvalue weighted by Gasteiger charge is 2.33. The fraction of sp³-hybridized carbons (Fsp3) is 0.429. The van der Waals surface area contributed by atoms with Gasteiger partial charge in [0.15, 0.2) is 0 Å². The van der Waals surface area contributed by atoms with Crippen molar-refractivity contribution in [3.8, 4) is 5.75 Å². The van der Waals surface area contributed by atoms with E-state index in [4.69, 9.17) is 4.74 Å². The standard InChI is InChI=1S/C21H25F4N5O4/c1-5-30-16(6-7-27-30)19(32)26-10-18(31)28-15-9-17(34-4)13(8-14(15)22)12(2)20(33)29(3)11-21(23,24)25/h6-9,12H,5,10-11H2,1-4H3,(H,26,32)(H,28,31). The molecule has 34 heavy (non-hydrogen) atoms. The van der Waals surface area contributed by atoms with E-state index >= 15 is 0 Å². The first-order valence-electron chi connectivity index (χ1n) is 10.2. The maximum Gasteiger partial charge on any atom is 0.406 e. The minimum Gasteiger partial charge on any atom is -0.496 e. The van der Waals surface area contributed by atoms with E-state index in [0.29, 0.717) is 11.4 Å². The van der Waals surface area contributed by atoms with E-state index in [9.17, 15) is 31.9 Å². The summed E-state index contributed by atoms with van der Waals surface area (Å²) in [5.41, 5.74) is -0.0263. The molecule has 0 aliphatic rings. The molecule has 3 amide bonds. The van der Waals surface area contributed by atoms with E-state index in [1.807, 2.05) is 0 Å². The van der Waals surface area contributed by atoms with Crippen molar-refractivity contribution < 1.29 is 36.7 Å². The van der Waals surface area contributed by atoms with Crippen LogP contribution in [-0.2, 0) is 16.1 Å². The van der Waals surface area contributed by atoms with Gasteiger partial charge in [-0.1, -0.05) is 0 Å². The molecule has 0 radical (unpaired) electrons. The van der Waals surface area contributed by atoms with Crippen LogP contribution in [0, 0.1) is 5.82 Å². The van der Waals surface area contributed by atoms with Crippen LogP contribution in [0.1, 0.15) is 35.8 Å². The molecular weight excluding hydrogens is 462 g/mol. The number of anilines is 1. The molecule has 0 aliphatic heterocycles. The van der Waals surface area contributed by atoms with Crippen molar-refractivity contribution in [3.63, 3.8) is 0 Å². The number of rotatable bonds is 9. The lowest BCUT2D eigenvalue weighted by Gasteiger charge is -2.24. The van der Waals surface area contributed by atoms with Crippen molar-refractivity contribution >= 4 is 23.4 Å². The highest BCUT2D eigenvalue weighted by Crippen LogP contribution is 2.33. The van der Waals surface area contributed by atoms with Crippen LogP contribution in [0.4, 0.5) is 23.2 Å². The zero-order chi connectivity index (χ0) is 25.6. The molecule has 1 aromatic heterocycles. The Morgan fingerprint density at radius 2 is 1.94 bits per heavy atom. The smallest absolute Gasteiger partial charge is 0.406 e. The van der Waals surface area contributed by atoms with Gasteiger partial charge in [0.25, 0.3) is 5.91 Å². The summed E-state index contributed by atoms with van der Waals surface area (Å²) in [7, 11) is 2.22. The molecule has 13 heteroatoms. The number of hydrogen-bond donors (Lipinski definition) is 2. The topological polar surface area (TPSA) is 106 Å². The molecule has 0 fully saturated rings. The lowest BCUT2D eigenvalue weighted by atomic mass is 9.97. The molecule has 186 valence electrons. The Balaban J connectivity index is 2.10. The lowest BCUT2D eigenvalue weighted by molar-refractivity contribution is -0.159. The zero-order valence-electron chi connectivity index (χ0n) is 19.0. The Labute approximate surface area is 193 Å². The summed E-state index contributed by atoms with van der Waals surface area (Å²) >= 11 is 0. The molecule has 2 aromatic rings. The van der Waals surface area contributed by atoms with E-state index in [0.717, 1.165) is 19.2 Å². The molecule has 0 bridgehead atoms. The molecular formula is C21H25F4N5O4. The first kappa shape index (κ1) is 26.6. The third kappa shape index (κ3) is 6.68. The molecule has 1 aromatic carbocycles. The van der Waals surface area contributed by atoms with Crippen molar-refractivity contribution in [1.29, 1.82) is 0 Å². The van der Waals surface area contributed by atoms with Gasteiger partial charge in [-0.05, 0) is 26.0 Å². The predicted octanol–water partition coefficient (Wildman–Crippen LogP) is 2.54. The van der Waals surface area contributed by atoms with Crippen LogP contribution in [0.25, 0.3) is 0 Å². The third-order valence-corrected chi connectivity index (χ3v) is 4.88. The Bertz CT molecular complexity index is 1050. The van der Waals surface area contributed by atoms with Crippen LogP contribution in [-0.4, -0.2) is 65.8 Å². The van der Waals surface area contributed by atoms with E-state index < -0.39 is 48.7 Å². The maximum absolute atomic E-state index is 14.7. The number of halogens is 4. The molecule has 9 nitrogen and oxygen atoms in total. The quantitative estimate of drug-likeness (QED) is 0.529. The molecule has 2 N–H and O–H groups in total. The van der Waals surface area contributed by atoms with Crippen molar-refractivity contribution in [1.82, 2.24) is 20.0 Å². The van der Waals surface area contributed by atoms with Crippen LogP contribution in [0.3, 0.4) is 0 Å². The Morgan fingerprint density at radius 1 is 1.26 bits per heavy atom. The number of aromatic nitrogens is 2. The summed E-state index contributed by atoms with van der Waals surface area (Å²) in [6, 6.07) is 3.51. The summed E-state index contributed by atoms with van der Waals surface area (Å²) < 4.78 is 59.1. The highest BCUT2D eigenvalue weighted by molar-refractivity contribution is 5.98. The number of carbonyl (C=O) groups is 3. The van der Waals surface area contributed by atoms with Crippen molar-refractivity contribution in [2.75, 3.05) is 32.6 Å². The molecule has 1 atom stereocenters. The van der Waals surface area contributed by atoms with E-state index in [1.54, 1.807) is 6.92 Å². The average molecular weight is 487 g/mol. The second kappa shape index (κ2) is 11.0. The van der Waals surface area contributed by atoms with Gasteiger partial charge in [0, 0.05) is 31.4 Å². The van der Waals surface area contributed by atoms with Gasteiger partial charge < -0.3 is 20.3 Å². The average Bonchev–Trinajstić information content (AvgIpc) is 3.25. The molecule has 1 heterocycles. The van der Waals surface area contributed by atoms with Crippen molar-refractivity contribution in [2.24, 2.45) is 0 Å². The van der Waals surface area contributed by atoms with Crippen LogP contribution in [0.5, 0.6) is 5.75 Å². The van der Waals surface area contributed by atoms with Gasteiger partial charge in [0.05, 0.1) is 25.3 Å². The Kier molecular flexibility index (Phi) is 8.60. The minimum atomic E-state index is -4.58. The monoisotopic (exact) mass is 487 g/mol. The number of hydrogen-bond acceptors (Lipinski definition) is 5. The number of carbonyl (C=O) groups excluding carboxylic acids is 3. The summed E-state index contributed by atoms with van der Waals surface area (Å²) in [5.74, 6) is -4.26. The first-order chi connectivity index (χ1) is 15.9. The zero-order valence-corrected chi connectivity index (χ0v) is 19.0. The van der Waals surface area contributed by atoms with Crippen molar-refractivity contribution in [3.05, 3.63) is 41.5 Å². The molecule has 0 spiro atoms. The Morgan fingerprint density at radius 3 is 2.53 bits per heavy atom. The predicted molar refractivity (Wildman–Crippen MR) is 114 cm³/mol. The van der Waals surface area contributed by atoms with Gasteiger partial charge in [0.2, 0.25) is 11.8 Å². The van der Waals surface area contributed by atoms with Gasteiger partial charge in [-0.3, -0.25) is 19.1 Å². The number of nitrogens with one attached hydrogen (secondary N) is 2. The summed E-state index contributed by atoms with van der Waals surface area (Å²) in [6.07, 6.45) is -3.15. The lowest BCUT2D eigenvalue weighted by Crippen LogP contribution is -2.38. The first-order valence-corrected chi connectivity index (χ1v) is 10.2. The molecule has 0 aliphatic carbocycles. The molecule has 0 saturated heterocycles. The highest BCUT2D eigenvalue weighted by atomic mass is 19.4. The van der Waals surface area contributed by atoms with Gasteiger partial charge in [-0.15, -0.1) is 0 Å². The number of alkyl halides is 3. The van der Waals surface area contributed by atoms with E-state index in [1.165, 1.54) is 31.0 Å². The number of benzene rings is 1. The van der Waals surface area contributed by atoms with Crippen LogP contribution >= 0.6 is 0 Å². The van der Waals surface area contributed by atoms with Gasteiger partial charge in [-0.2, -0.15) is 18.3 Å². The van der Waals surface area contributed by atoms with Gasteiger partial charge in [-0.25, -0.2) is 4.39 Å². The largest absolute Gasteiger partial charge is 0.496 e. The summed E-state index contributed by atoms with van der Waals surface area (Å²) in [5, 5.41) is 8.64. The van der Waals surface area contributed by atoms with Crippen LogP contribution in [0.15, 0.2) is 24.4 Å². The molecule has 0 saturated carbocycles. The fourth-order valence-electron chi connectivity index (χ4n) is 3.21. The second-order valence-electron chi connectivity index (χ2n) is 7.37.